The average molecular weight is 304 g/mol. The normalized spacial score (nSPS) is 10.2. The zero-order chi connectivity index (χ0) is 16.4. The molecule has 0 unspecified atom stereocenters. The van der Waals surface area contributed by atoms with Crippen LogP contribution < -0.4 is 5.32 Å². The number of fused-ring (bicyclic) bond motifs is 1. The number of carboxylic acid groups (broad SMARTS) is 1. The lowest BCUT2D eigenvalue weighted by molar-refractivity contribution is 0.208. The molecule has 0 radical (unpaired) electrons. The first kappa shape index (κ1) is 17.9. The highest BCUT2D eigenvalue weighted by Gasteiger charge is 1.98. The van der Waals surface area contributed by atoms with E-state index in [0.717, 1.165) is 30.4 Å². The van der Waals surface area contributed by atoms with Gasteiger partial charge in [-0.05, 0) is 36.0 Å². The maximum absolute atomic E-state index is 10.4. The largest absolute Gasteiger partial charge is 0.465 e. The van der Waals surface area contributed by atoms with Crippen LogP contribution in [0.15, 0.2) is 42.5 Å². The number of nitrogens with one attached hydrogen (secondary N) is 1. The van der Waals surface area contributed by atoms with E-state index >= 15 is 0 Å². The van der Waals surface area contributed by atoms with Crippen LogP contribution in [-0.4, -0.2) is 47.4 Å². The van der Waals surface area contributed by atoms with Gasteiger partial charge in [-0.25, -0.2) is 4.79 Å². The fraction of sp³-hybridized carbons (Fsp3) is 0.353. The summed E-state index contributed by atoms with van der Waals surface area (Å²) < 4.78 is 0. The van der Waals surface area contributed by atoms with E-state index in [0.29, 0.717) is 5.69 Å². The van der Waals surface area contributed by atoms with E-state index in [1.807, 2.05) is 36.4 Å². The number of benzene rings is 2. The van der Waals surface area contributed by atoms with Gasteiger partial charge in [0.25, 0.3) is 0 Å². The van der Waals surface area contributed by atoms with Crippen molar-refractivity contribution >= 4 is 22.6 Å². The third kappa shape index (κ3) is 6.11. The zero-order valence-corrected chi connectivity index (χ0v) is 13.1. The van der Waals surface area contributed by atoms with Crippen LogP contribution in [0.25, 0.3) is 10.8 Å². The topological polar surface area (TPSA) is 72.8 Å². The minimum Gasteiger partial charge on any atom is -0.465 e. The molecule has 5 heteroatoms. The number of likely N-dealkylation sites (N-methyl/N-ethyl adjacent to an activating group) is 1. The molecule has 5 nitrogen and oxygen atoms in total. The average Bonchev–Trinajstić information content (AvgIpc) is 2.52. The molecule has 0 atom stereocenters. The summed E-state index contributed by atoms with van der Waals surface area (Å²) in [6.07, 6.45) is -1.04. The lowest BCUT2D eigenvalue weighted by Gasteiger charge is -2.15. The van der Waals surface area contributed by atoms with Crippen molar-refractivity contribution in [2.45, 2.75) is 13.8 Å². The highest BCUT2D eigenvalue weighted by molar-refractivity contribution is 5.90. The number of rotatable bonds is 5. The summed E-state index contributed by atoms with van der Waals surface area (Å²) in [6.45, 7) is 7.36. The van der Waals surface area contributed by atoms with E-state index in [9.17, 15) is 4.79 Å². The molecule has 0 spiro atoms. The maximum atomic E-state index is 10.4. The van der Waals surface area contributed by atoms with E-state index in [-0.39, 0.29) is 6.61 Å². The molecule has 2 aromatic carbocycles. The Morgan fingerprint density at radius 1 is 1.09 bits per heavy atom. The number of anilines is 1. The molecule has 0 aromatic heterocycles. The van der Waals surface area contributed by atoms with E-state index in [2.05, 4.69) is 24.1 Å². The molecular weight excluding hydrogens is 280 g/mol. The lowest BCUT2D eigenvalue weighted by Crippen LogP contribution is -2.25. The van der Waals surface area contributed by atoms with Gasteiger partial charge in [0.15, 0.2) is 0 Å². The predicted molar refractivity (Wildman–Crippen MR) is 90.5 cm³/mol. The number of aliphatic hydroxyl groups is 1. The molecule has 2 aromatic rings. The minimum atomic E-state index is -1.04. The van der Waals surface area contributed by atoms with Gasteiger partial charge in [-0.2, -0.15) is 0 Å². The van der Waals surface area contributed by atoms with Gasteiger partial charge in [0.05, 0.1) is 6.61 Å². The first-order valence-corrected chi connectivity index (χ1v) is 7.42. The highest BCUT2D eigenvalue weighted by atomic mass is 16.4. The monoisotopic (exact) mass is 304 g/mol. The quantitative estimate of drug-likeness (QED) is 0.793. The number of hydrogen-bond acceptors (Lipinski definition) is 3. The Labute approximate surface area is 131 Å². The van der Waals surface area contributed by atoms with Crippen molar-refractivity contribution in [3.63, 3.8) is 0 Å². The van der Waals surface area contributed by atoms with E-state index in [4.69, 9.17) is 10.2 Å². The molecule has 0 saturated carbocycles. The second-order valence-electron chi connectivity index (χ2n) is 4.74. The first-order valence-electron chi connectivity index (χ1n) is 7.42. The van der Waals surface area contributed by atoms with Crippen LogP contribution in [0.5, 0.6) is 0 Å². The van der Waals surface area contributed by atoms with Crippen molar-refractivity contribution in [2.24, 2.45) is 0 Å². The second kappa shape index (κ2) is 9.76. The highest BCUT2D eigenvalue weighted by Crippen LogP contribution is 2.18. The molecule has 3 N–H and O–H groups in total. The minimum absolute atomic E-state index is 0.279. The molecule has 0 aliphatic carbocycles. The summed E-state index contributed by atoms with van der Waals surface area (Å²) in [7, 11) is 0. The molecule has 0 aliphatic heterocycles. The molecule has 1 amide bonds. The number of aliphatic hydroxyl groups excluding tert-OH is 1. The first-order chi connectivity index (χ1) is 10.6. The molecule has 0 saturated heterocycles. The van der Waals surface area contributed by atoms with E-state index < -0.39 is 6.09 Å². The molecule has 0 heterocycles. The van der Waals surface area contributed by atoms with Gasteiger partial charge >= 0.3 is 6.09 Å². The summed E-state index contributed by atoms with van der Waals surface area (Å²) in [5.41, 5.74) is 0.594. The second-order valence-corrected chi connectivity index (χ2v) is 4.74. The zero-order valence-electron chi connectivity index (χ0n) is 13.1. The molecular formula is C17H24N2O3. The van der Waals surface area contributed by atoms with Crippen LogP contribution in [0.1, 0.15) is 13.8 Å². The van der Waals surface area contributed by atoms with Crippen molar-refractivity contribution in [3.8, 4) is 0 Å². The Morgan fingerprint density at radius 3 is 2.23 bits per heavy atom. The Kier molecular flexibility index (Phi) is 7.96. The van der Waals surface area contributed by atoms with Crippen LogP contribution in [0.4, 0.5) is 10.5 Å². The molecule has 22 heavy (non-hydrogen) atoms. The standard InChI is InChI=1S/C11H9NO2.C6H15NO/c13-11(14)12-10-6-5-8-3-1-2-4-9(8)7-10;1-3-7(4-2)5-6-8/h1-7,12H,(H,13,14);8H,3-6H2,1-2H3. The van der Waals surface area contributed by atoms with Gasteiger partial charge in [0.2, 0.25) is 0 Å². The summed E-state index contributed by atoms with van der Waals surface area (Å²) in [6, 6.07) is 13.3. The molecule has 0 fully saturated rings. The number of nitrogens with zero attached hydrogens (tertiary/aromatic N) is 1. The Hall–Kier alpha value is -2.11. The Bertz CT molecular complexity index is 583. The van der Waals surface area contributed by atoms with Gasteiger partial charge < -0.3 is 15.1 Å². The number of hydrogen-bond donors (Lipinski definition) is 3. The van der Waals surface area contributed by atoms with Gasteiger partial charge in [-0.15, -0.1) is 0 Å². The molecule has 120 valence electrons. The van der Waals surface area contributed by atoms with Crippen molar-refractivity contribution in [2.75, 3.05) is 31.6 Å². The Morgan fingerprint density at radius 2 is 1.73 bits per heavy atom. The smallest absolute Gasteiger partial charge is 0.409 e. The molecule has 0 aliphatic rings. The fourth-order valence-electron chi connectivity index (χ4n) is 2.07. The van der Waals surface area contributed by atoms with Crippen LogP contribution >= 0.6 is 0 Å². The summed E-state index contributed by atoms with van der Waals surface area (Å²) in [4.78, 5) is 12.6. The summed E-state index contributed by atoms with van der Waals surface area (Å²) >= 11 is 0. The third-order valence-corrected chi connectivity index (χ3v) is 3.31. The van der Waals surface area contributed by atoms with E-state index in [1.165, 1.54) is 0 Å². The summed E-state index contributed by atoms with van der Waals surface area (Å²) in [5, 5.41) is 21.4. The van der Waals surface area contributed by atoms with Crippen LogP contribution in [0.3, 0.4) is 0 Å². The van der Waals surface area contributed by atoms with Crippen molar-refractivity contribution in [1.29, 1.82) is 0 Å². The Balaban J connectivity index is 0.000000261. The SMILES string of the molecule is CCN(CC)CCO.O=C(O)Nc1ccc2ccccc2c1. The van der Waals surface area contributed by atoms with Crippen molar-refractivity contribution in [1.82, 2.24) is 4.90 Å². The van der Waals surface area contributed by atoms with Gasteiger partial charge in [-0.3, -0.25) is 5.32 Å². The lowest BCUT2D eigenvalue weighted by atomic mass is 10.1. The van der Waals surface area contributed by atoms with E-state index in [1.54, 1.807) is 6.07 Å². The van der Waals surface area contributed by atoms with Crippen molar-refractivity contribution in [3.05, 3.63) is 42.5 Å². The molecule has 0 bridgehead atoms. The van der Waals surface area contributed by atoms with Crippen molar-refractivity contribution < 1.29 is 15.0 Å². The van der Waals surface area contributed by atoms with Crippen LogP contribution in [0, 0.1) is 0 Å². The third-order valence-electron chi connectivity index (χ3n) is 3.31. The summed E-state index contributed by atoms with van der Waals surface area (Å²) in [5.74, 6) is 0. The van der Waals surface area contributed by atoms with Crippen LogP contribution in [-0.2, 0) is 0 Å². The fourth-order valence-corrected chi connectivity index (χ4v) is 2.07. The predicted octanol–water partition coefficient (Wildman–Crippen LogP) is 3.25. The van der Waals surface area contributed by atoms with Gasteiger partial charge in [0, 0.05) is 12.2 Å². The number of carbonyl (C=O) groups is 1. The maximum Gasteiger partial charge on any atom is 0.409 e. The molecule has 2 rings (SSSR count). The van der Waals surface area contributed by atoms with Gasteiger partial charge in [0.1, 0.15) is 0 Å². The van der Waals surface area contributed by atoms with Crippen LogP contribution in [0.2, 0.25) is 0 Å². The van der Waals surface area contributed by atoms with Gasteiger partial charge in [-0.1, -0.05) is 44.2 Å². The number of amides is 1.